The van der Waals surface area contributed by atoms with Crippen molar-refractivity contribution in [3.63, 3.8) is 0 Å². The summed E-state index contributed by atoms with van der Waals surface area (Å²) in [5.41, 5.74) is 7.15. The first-order valence-corrected chi connectivity index (χ1v) is 7.16. The highest BCUT2D eigenvalue weighted by Gasteiger charge is 2.58. The number of nitrogens with two attached hydrogens (primary N) is 1. The molecule has 1 fully saturated rings. The second kappa shape index (κ2) is 8.22. The lowest BCUT2D eigenvalue weighted by atomic mass is 9.53. The maximum atomic E-state index is 5.97. The standard InChI is InChI=1S/C15H29N3O.HI/c1-7-15(8-2)12(11(5)13(15)19-6)18-14(16)17-9-10(3)4;/h11-13H,3,7-9H2,1-2,4-6H3,(H3,16,17,18);1H. The Labute approximate surface area is 140 Å². The summed E-state index contributed by atoms with van der Waals surface area (Å²) in [6, 6.07) is 0.335. The number of rotatable bonds is 6. The number of methoxy groups -OCH3 is 1. The van der Waals surface area contributed by atoms with Crippen molar-refractivity contribution < 1.29 is 4.74 Å². The zero-order valence-corrected chi connectivity index (χ0v) is 15.7. The highest BCUT2D eigenvalue weighted by atomic mass is 127. The lowest BCUT2D eigenvalue weighted by Crippen LogP contribution is -2.70. The fourth-order valence-corrected chi connectivity index (χ4v) is 3.52. The van der Waals surface area contributed by atoms with Crippen molar-refractivity contribution in [1.82, 2.24) is 5.32 Å². The molecule has 0 heterocycles. The molecule has 4 nitrogen and oxygen atoms in total. The van der Waals surface area contributed by atoms with E-state index in [1.807, 2.05) is 6.92 Å². The minimum absolute atomic E-state index is 0. The molecule has 3 unspecified atom stereocenters. The summed E-state index contributed by atoms with van der Waals surface area (Å²) in [4.78, 5) is 4.31. The van der Waals surface area contributed by atoms with Gasteiger partial charge in [0.15, 0.2) is 5.96 Å². The molecule has 1 rings (SSSR count). The van der Waals surface area contributed by atoms with Gasteiger partial charge in [-0.2, -0.15) is 0 Å². The van der Waals surface area contributed by atoms with E-state index in [-0.39, 0.29) is 29.4 Å². The average Bonchev–Trinajstić information content (AvgIpc) is 2.39. The first-order chi connectivity index (χ1) is 8.92. The smallest absolute Gasteiger partial charge is 0.189 e. The van der Waals surface area contributed by atoms with Crippen LogP contribution in [0, 0.1) is 11.3 Å². The van der Waals surface area contributed by atoms with Crippen LogP contribution < -0.4 is 11.1 Å². The summed E-state index contributed by atoms with van der Waals surface area (Å²) in [5, 5.41) is 3.39. The van der Waals surface area contributed by atoms with E-state index in [9.17, 15) is 0 Å². The van der Waals surface area contributed by atoms with Gasteiger partial charge in [-0.15, -0.1) is 24.0 Å². The first kappa shape index (κ1) is 19.7. The topological polar surface area (TPSA) is 59.6 Å². The Morgan fingerprint density at radius 1 is 1.40 bits per heavy atom. The number of guanidine groups is 1. The predicted octanol–water partition coefficient (Wildman–Crippen LogP) is 2.92. The molecule has 0 aromatic rings. The molecule has 0 aromatic heterocycles. The number of halogens is 1. The van der Waals surface area contributed by atoms with E-state index in [0.717, 1.165) is 18.4 Å². The Hall–Kier alpha value is -0.300. The van der Waals surface area contributed by atoms with Gasteiger partial charge in [0.05, 0.1) is 12.6 Å². The van der Waals surface area contributed by atoms with Crippen molar-refractivity contribution in [3.8, 4) is 0 Å². The molecular formula is C15H30IN3O. The molecule has 20 heavy (non-hydrogen) atoms. The minimum Gasteiger partial charge on any atom is -0.380 e. The number of nitrogens with zero attached hydrogens (tertiary/aromatic N) is 1. The molecule has 5 heteroatoms. The van der Waals surface area contributed by atoms with E-state index in [0.29, 0.717) is 30.6 Å². The Morgan fingerprint density at radius 2 is 1.95 bits per heavy atom. The van der Waals surface area contributed by atoms with Gasteiger partial charge in [0.2, 0.25) is 0 Å². The fourth-order valence-electron chi connectivity index (χ4n) is 3.52. The summed E-state index contributed by atoms with van der Waals surface area (Å²) < 4.78 is 5.67. The van der Waals surface area contributed by atoms with E-state index >= 15 is 0 Å². The van der Waals surface area contributed by atoms with Crippen LogP contribution in [0.5, 0.6) is 0 Å². The molecule has 0 radical (unpaired) electrons. The van der Waals surface area contributed by atoms with Crippen molar-refractivity contribution in [2.75, 3.05) is 13.7 Å². The molecule has 0 aliphatic heterocycles. The van der Waals surface area contributed by atoms with E-state index < -0.39 is 0 Å². The molecule has 0 saturated heterocycles. The van der Waals surface area contributed by atoms with E-state index in [4.69, 9.17) is 10.5 Å². The molecule has 1 saturated carbocycles. The van der Waals surface area contributed by atoms with Gasteiger partial charge in [-0.05, 0) is 19.8 Å². The van der Waals surface area contributed by atoms with Crippen molar-refractivity contribution in [2.24, 2.45) is 22.1 Å². The summed E-state index contributed by atoms with van der Waals surface area (Å²) in [6.07, 6.45) is 2.46. The van der Waals surface area contributed by atoms with E-state index in [1.54, 1.807) is 7.11 Å². The van der Waals surface area contributed by atoms with Gasteiger partial charge in [0, 0.05) is 24.5 Å². The van der Waals surface area contributed by atoms with Crippen molar-refractivity contribution >= 4 is 29.9 Å². The normalized spacial score (nSPS) is 28.2. The quantitative estimate of drug-likeness (QED) is 0.315. The van der Waals surface area contributed by atoms with Crippen LogP contribution in [0.2, 0.25) is 0 Å². The van der Waals surface area contributed by atoms with E-state index in [2.05, 4.69) is 37.7 Å². The second-order valence-corrected chi connectivity index (χ2v) is 5.74. The minimum atomic E-state index is 0. The lowest BCUT2D eigenvalue weighted by Gasteiger charge is -2.59. The molecule has 0 amide bonds. The summed E-state index contributed by atoms with van der Waals surface area (Å²) in [7, 11) is 1.80. The van der Waals surface area contributed by atoms with Gasteiger partial charge in [-0.3, -0.25) is 0 Å². The highest BCUT2D eigenvalue weighted by Crippen LogP contribution is 2.52. The van der Waals surface area contributed by atoms with Crippen LogP contribution in [0.1, 0.15) is 40.5 Å². The number of hydrogen-bond donors (Lipinski definition) is 2. The molecule has 3 atom stereocenters. The van der Waals surface area contributed by atoms with Gasteiger partial charge in [0.1, 0.15) is 0 Å². The summed E-state index contributed by atoms with van der Waals surface area (Å²) in [5.74, 6) is 0.962. The fraction of sp³-hybridized carbons (Fsp3) is 0.800. The van der Waals surface area contributed by atoms with Gasteiger partial charge in [-0.25, -0.2) is 4.99 Å². The molecule has 3 N–H and O–H groups in total. The Kier molecular flexibility index (Phi) is 8.09. The average molecular weight is 395 g/mol. The van der Waals surface area contributed by atoms with Crippen LogP contribution in [0.3, 0.4) is 0 Å². The van der Waals surface area contributed by atoms with Crippen molar-refractivity contribution in [2.45, 2.75) is 52.7 Å². The van der Waals surface area contributed by atoms with Crippen LogP contribution in [0.25, 0.3) is 0 Å². The molecule has 0 aromatic carbocycles. The van der Waals surface area contributed by atoms with Gasteiger partial charge in [0.25, 0.3) is 0 Å². The second-order valence-electron chi connectivity index (χ2n) is 5.74. The molecule has 1 aliphatic carbocycles. The third kappa shape index (κ3) is 3.67. The largest absolute Gasteiger partial charge is 0.380 e. The third-order valence-electron chi connectivity index (χ3n) is 4.58. The molecular weight excluding hydrogens is 365 g/mol. The van der Waals surface area contributed by atoms with Crippen LogP contribution >= 0.6 is 24.0 Å². The Morgan fingerprint density at radius 3 is 2.35 bits per heavy atom. The summed E-state index contributed by atoms with van der Waals surface area (Å²) >= 11 is 0. The zero-order valence-electron chi connectivity index (χ0n) is 13.4. The Balaban J connectivity index is 0.00000361. The maximum Gasteiger partial charge on any atom is 0.189 e. The van der Waals surface area contributed by atoms with Crippen molar-refractivity contribution in [1.29, 1.82) is 0 Å². The molecule has 0 bridgehead atoms. The van der Waals surface area contributed by atoms with Crippen LogP contribution in [0.4, 0.5) is 0 Å². The number of nitrogens with one attached hydrogen (secondary N) is 1. The first-order valence-electron chi connectivity index (χ1n) is 7.16. The SMILES string of the molecule is C=C(C)CN=C(N)NC1C(C)C(OC)C1(CC)CC.I. The number of hydrogen-bond acceptors (Lipinski definition) is 2. The molecule has 118 valence electrons. The van der Waals surface area contributed by atoms with Crippen LogP contribution in [-0.2, 0) is 4.74 Å². The van der Waals surface area contributed by atoms with Crippen LogP contribution in [-0.4, -0.2) is 31.8 Å². The highest BCUT2D eigenvalue weighted by molar-refractivity contribution is 14.0. The zero-order chi connectivity index (χ0) is 14.6. The monoisotopic (exact) mass is 395 g/mol. The predicted molar refractivity (Wildman–Crippen MR) is 96.6 cm³/mol. The van der Waals surface area contributed by atoms with Crippen molar-refractivity contribution in [3.05, 3.63) is 12.2 Å². The number of aliphatic imine (C=N–C) groups is 1. The molecule has 1 aliphatic rings. The van der Waals surface area contributed by atoms with Crippen LogP contribution in [0.15, 0.2) is 17.1 Å². The summed E-state index contributed by atoms with van der Waals surface area (Å²) in [6.45, 7) is 13.0. The molecule has 0 spiro atoms. The maximum absolute atomic E-state index is 5.97. The van der Waals surface area contributed by atoms with Gasteiger partial charge < -0.3 is 15.8 Å². The number of ether oxygens (including phenoxy) is 1. The van der Waals surface area contributed by atoms with E-state index in [1.165, 1.54) is 0 Å². The third-order valence-corrected chi connectivity index (χ3v) is 4.58. The van der Waals surface area contributed by atoms with Gasteiger partial charge >= 0.3 is 0 Å². The van der Waals surface area contributed by atoms with Gasteiger partial charge in [-0.1, -0.05) is 32.9 Å². The Bertz CT molecular complexity index is 353. The lowest BCUT2D eigenvalue weighted by molar-refractivity contribution is -0.163.